The molecule has 0 heterocycles. The maximum absolute atomic E-state index is 13.1. The van der Waals surface area contributed by atoms with Crippen LogP contribution < -0.4 is 5.32 Å². The van der Waals surface area contributed by atoms with Gasteiger partial charge in [-0.2, -0.15) is 0 Å². The van der Waals surface area contributed by atoms with E-state index in [2.05, 4.69) is 18.8 Å². The first-order valence-corrected chi connectivity index (χ1v) is 5.87. The van der Waals surface area contributed by atoms with Crippen molar-refractivity contribution in [3.8, 4) is 0 Å². The minimum absolute atomic E-state index is 0.129. The van der Waals surface area contributed by atoms with E-state index in [0.717, 1.165) is 24.8 Å². The first-order chi connectivity index (χ1) is 7.70. The molecule has 0 saturated heterocycles. The van der Waals surface area contributed by atoms with Crippen molar-refractivity contribution >= 4 is 0 Å². The molecule has 2 unspecified atom stereocenters. The Kier molecular flexibility index (Phi) is 3.39. The summed E-state index contributed by atoms with van der Waals surface area (Å²) >= 11 is 0. The van der Waals surface area contributed by atoms with E-state index in [1.807, 2.05) is 12.1 Å². The third-order valence-electron chi connectivity index (χ3n) is 3.24. The standard InChI is InChI=1S/C14H18FN/c1-3-10(2)16-14-6-4-5-11-9-12(15)7-8-13(11)14/h3,7-10,14,16H,1,4-6H2,2H3. The Morgan fingerprint density at radius 1 is 1.56 bits per heavy atom. The average Bonchev–Trinajstić information content (AvgIpc) is 2.28. The highest BCUT2D eigenvalue weighted by molar-refractivity contribution is 5.33. The SMILES string of the molecule is C=CC(C)NC1CCCc2cc(F)ccc21. The highest BCUT2D eigenvalue weighted by Crippen LogP contribution is 2.30. The maximum atomic E-state index is 13.1. The molecule has 1 aliphatic rings. The second-order valence-corrected chi connectivity index (χ2v) is 4.48. The van der Waals surface area contributed by atoms with E-state index >= 15 is 0 Å². The molecule has 0 spiro atoms. The molecule has 2 heteroatoms. The Hall–Kier alpha value is -1.15. The first-order valence-electron chi connectivity index (χ1n) is 5.87. The van der Waals surface area contributed by atoms with E-state index in [4.69, 9.17) is 0 Å². The molecule has 1 N–H and O–H groups in total. The van der Waals surface area contributed by atoms with Crippen LogP contribution in [0.15, 0.2) is 30.9 Å². The molecule has 0 fully saturated rings. The van der Waals surface area contributed by atoms with Crippen LogP contribution in [-0.4, -0.2) is 6.04 Å². The van der Waals surface area contributed by atoms with Crippen molar-refractivity contribution in [3.63, 3.8) is 0 Å². The summed E-state index contributed by atoms with van der Waals surface area (Å²) in [5, 5.41) is 3.50. The third kappa shape index (κ3) is 2.33. The van der Waals surface area contributed by atoms with Crippen molar-refractivity contribution in [2.75, 3.05) is 0 Å². The van der Waals surface area contributed by atoms with E-state index in [-0.39, 0.29) is 5.82 Å². The minimum atomic E-state index is -0.129. The summed E-state index contributed by atoms with van der Waals surface area (Å²) in [6.07, 6.45) is 5.14. The average molecular weight is 219 g/mol. The van der Waals surface area contributed by atoms with Gasteiger partial charge < -0.3 is 5.32 Å². The fraction of sp³-hybridized carbons (Fsp3) is 0.429. The van der Waals surface area contributed by atoms with E-state index < -0.39 is 0 Å². The number of hydrogen-bond donors (Lipinski definition) is 1. The summed E-state index contributed by atoms with van der Waals surface area (Å²) in [6, 6.07) is 5.77. The van der Waals surface area contributed by atoms with E-state index in [1.54, 1.807) is 12.1 Å². The number of halogens is 1. The van der Waals surface area contributed by atoms with Crippen molar-refractivity contribution in [3.05, 3.63) is 47.8 Å². The van der Waals surface area contributed by atoms with Crippen LogP contribution in [0.25, 0.3) is 0 Å². The zero-order valence-corrected chi connectivity index (χ0v) is 9.67. The lowest BCUT2D eigenvalue weighted by atomic mass is 9.87. The highest BCUT2D eigenvalue weighted by Gasteiger charge is 2.20. The minimum Gasteiger partial charge on any atom is -0.304 e. The van der Waals surface area contributed by atoms with Gasteiger partial charge >= 0.3 is 0 Å². The Bertz CT molecular complexity index is 386. The molecule has 16 heavy (non-hydrogen) atoms. The van der Waals surface area contributed by atoms with Gasteiger partial charge in [-0.25, -0.2) is 4.39 Å². The van der Waals surface area contributed by atoms with E-state index in [9.17, 15) is 4.39 Å². The van der Waals surface area contributed by atoms with Crippen LogP contribution in [0.2, 0.25) is 0 Å². The molecule has 0 saturated carbocycles. The van der Waals surface area contributed by atoms with Crippen molar-refractivity contribution in [1.82, 2.24) is 5.32 Å². The van der Waals surface area contributed by atoms with Crippen LogP contribution in [0.5, 0.6) is 0 Å². The van der Waals surface area contributed by atoms with Gasteiger partial charge in [-0.05, 0) is 49.4 Å². The van der Waals surface area contributed by atoms with Gasteiger partial charge in [-0.3, -0.25) is 0 Å². The zero-order chi connectivity index (χ0) is 11.5. The van der Waals surface area contributed by atoms with Crippen molar-refractivity contribution < 1.29 is 4.39 Å². The lowest BCUT2D eigenvalue weighted by Gasteiger charge is -2.28. The van der Waals surface area contributed by atoms with Gasteiger partial charge in [0.15, 0.2) is 0 Å². The summed E-state index contributed by atoms with van der Waals surface area (Å²) in [5.74, 6) is -0.129. The number of benzene rings is 1. The van der Waals surface area contributed by atoms with Crippen LogP contribution in [0.3, 0.4) is 0 Å². The summed E-state index contributed by atoms with van der Waals surface area (Å²) in [6.45, 7) is 5.86. The van der Waals surface area contributed by atoms with Crippen LogP contribution >= 0.6 is 0 Å². The predicted octanol–water partition coefficient (Wildman–Crippen LogP) is 3.37. The summed E-state index contributed by atoms with van der Waals surface area (Å²) in [7, 11) is 0. The van der Waals surface area contributed by atoms with Gasteiger partial charge in [-0.15, -0.1) is 6.58 Å². The molecular weight excluding hydrogens is 201 g/mol. The largest absolute Gasteiger partial charge is 0.304 e. The normalized spacial score (nSPS) is 21.2. The smallest absolute Gasteiger partial charge is 0.123 e. The molecule has 0 amide bonds. The summed E-state index contributed by atoms with van der Waals surface area (Å²) in [4.78, 5) is 0. The molecule has 0 aliphatic heterocycles. The lowest BCUT2D eigenvalue weighted by molar-refractivity contribution is 0.438. The van der Waals surface area contributed by atoms with Crippen LogP contribution in [0, 0.1) is 5.82 Å². The lowest BCUT2D eigenvalue weighted by Crippen LogP contribution is -2.31. The molecule has 2 atom stereocenters. The zero-order valence-electron chi connectivity index (χ0n) is 9.67. The maximum Gasteiger partial charge on any atom is 0.123 e. The predicted molar refractivity (Wildman–Crippen MR) is 64.9 cm³/mol. The van der Waals surface area contributed by atoms with E-state index in [1.165, 1.54) is 5.56 Å². The van der Waals surface area contributed by atoms with Crippen molar-refractivity contribution in [1.29, 1.82) is 0 Å². The monoisotopic (exact) mass is 219 g/mol. The number of hydrogen-bond acceptors (Lipinski definition) is 1. The second kappa shape index (κ2) is 4.79. The Labute approximate surface area is 96.4 Å². The van der Waals surface area contributed by atoms with Gasteiger partial charge in [0.1, 0.15) is 5.82 Å². The molecule has 2 rings (SSSR count). The van der Waals surface area contributed by atoms with Gasteiger partial charge in [-0.1, -0.05) is 12.1 Å². The number of aryl methyl sites for hydroxylation is 1. The fourth-order valence-corrected chi connectivity index (χ4v) is 2.34. The Morgan fingerprint density at radius 3 is 3.12 bits per heavy atom. The molecule has 0 bridgehead atoms. The van der Waals surface area contributed by atoms with Crippen LogP contribution in [0.1, 0.15) is 36.9 Å². The van der Waals surface area contributed by atoms with Crippen LogP contribution in [-0.2, 0) is 6.42 Å². The van der Waals surface area contributed by atoms with Gasteiger partial charge in [0.05, 0.1) is 0 Å². The van der Waals surface area contributed by atoms with Crippen molar-refractivity contribution in [2.24, 2.45) is 0 Å². The second-order valence-electron chi connectivity index (χ2n) is 4.48. The molecule has 1 aliphatic carbocycles. The van der Waals surface area contributed by atoms with Gasteiger partial charge in [0.2, 0.25) is 0 Å². The molecule has 1 nitrogen and oxygen atoms in total. The fourth-order valence-electron chi connectivity index (χ4n) is 2.34. The Morgan fingerprint density at radius 2 is 2.38 bits per heavy atom. The molecule has 0 aromatic heterocycles. The molecule has 1 aromatic rings. The van der Waals surface area contributed by atoms with E-state index in [0.29, 0.717) is 12.1 Å². The molecular formula is C14H18FN. The summed E-state index contributed by atoms with van der Waals surface area (Å²) < 4.78 is 13.1. The van der Waals surface area contributed by atoms with Crippen LogP contribution in [0.4, 0.5) is 4.39 Å². The molecule has 0 radical (unpaired) electrons. The first kappa shape index (κ1) is 11.3. The number of nitrogens with one attached hydrogen (secondary N) is 1. The topological polar surface area (TPSA) is 12.0 Å². The summed E-state index contributed by atoms with van der Waals surface area (Å²) in [5.41, 5.74) is 2.40. The number of fused-ring (bicyclic) bond motifs is 1. The van der Waals surface area contributed by atoms with Gasteiger partial charge in [0.25, 0.3) is 0 Å². The molecule has 1 aromatic carbocycles. The van der Waals surface area contributed by atoms with Crippen molar-refractivity contribution in [2.45, 2.75) is 38.3 Å². The molecule has 86 valence electrons. The number of rotatable bonds is 3. The quantitative estimate of drug-likeness (QED) is 0.769. The third-order valence-corrected chi connectivity index (χ3v) is 3.24. The van der Waals surface area contributed by atoms with Gasteiger partial charge in [0, 0.05) is 12.1 Å². The Balaban J connectivity index is 2.22. The highest BCUT2D eigenvalue weighted by atomic mass is 19.1.